The Morgan fingerprint density at radius 1 is 1.21 bits per heavy atom. The number of nitrogens with one attached hydrogen (secondary N) is 1. The van der Waals surface area contributed by atoms with E-state index in [4.69, 9.17) is 9.15 Å². The third-order valence-electron chi connectivity index (χ3n) is 2.83. The predicted octanol–water partition coefficient (Wildman–Crippen LogP) is 1.28. The summed E-state index contributed by atoms with van der Waals surface area (Å²) in [5.41, 5.74) is -0.607. The summed E-state index contributed by atoms with van der Waals surface area (Å²) in [6.07, 6.45) is 1.40. The van der Waals surface area contributed by atoms with Gasteiger partial charge >= 0.3 is 5.69 Å². The highest BCUT2D eigenvalue weighted by atomic mass is 16.5. The number of hydrogen-bond donors (Lipinski definition) is 1. The van der Waals surface area contributed by atoms with E-state index in [9.17, 15) is 9.59 Å². The van der Waals surface area contributed by atoms with Crippen LogP contribution in [-0.4, -0.2) is 16.7 Å². The molecule has 0 saturated heterocycles. The Hall–Kier alpha value is -2.76. The first kappa shape index (κ1) is 11.3. The number of rotatable bonds is 2. The first-order valence-electron chi connectivity index (χ1n) is 5.58. The summed E-state index contributed by atoms with van der Waals surface area (Å²) in [6.45, 7) is 0. The van der Waals surface area contributed by atoms with Gasteiger partial charge in [-0.1, -0.05) is 6.07 Å². The molecule has 1 aromatic carbocycles. The van der Waals surface area contributed by atoms with Crippen LogP contribution in [0.5, 0.6) is 5.75 Å². The van der Waals surface area contributed by atoms with E-state index in [0.29, 0.717) is 16.7 Å². The molecule has 96 valence electrons. The van der Waals surface area contributed by atoms with Gasteiger partial charge in [-0.15, -0.1) is 0 Å². The van der Waals surface area contributed by atoms with Gasteiger partial charge in [0.1, 0.15) is 11.1 Å². The number of aromatic nitrogens is 2. The molecule has 0 aliphatic rings. The molecule has 0 bridgehead atoms. The van der Waals surface area contributed by atoms with E-state index >= 15 is 0 Å². The van der Waals surface area contributed by atoms with Crippen molar-refractivity contribution in [2.75, 3.05) is 7.11 Å². The zero-order valence-electron chi connectivity index (χ0n) is 10.0. The van der Waals surface area contributed by atoms with Crippen LogP contribution >= 0.6 is 0 Å². The van der Waals surface area contributed by atoms with Gasteiger partial charge in [-0.25, -0.2) is 4.79 Å². The van der Waals surface area contributed by atoms with Gasteiger partial charge in [-0.2, -0.15) is 4.57 Å². The minimum atomic E-state index is -0.555. The normalized spacial score (nSPS) is 10.8. The first-order chi connectivity index (χ1) is 9.22. The quantitative estimate of drug-likeness (QED) is 0.751. The number of ether oxygens (including phenoxy) is 1. The maximum Gasteiger partial charge on any atom is 0.335 e. The van der Waals surface area contributed by atoms with Crippen LogP contribution < -0.4 is 16.0 Å². The van der Waals surface area contributed by atoms with E-state index < -0.39 is 11.2 Å². The molecular weight excluding hydrogens is 248 g/mol. The Morgan fingerprint density at radius 3 is 2.74 bits per heavy atom. The maximum absolute atomic E-state index is 12.4. The molecule has 2 heterocycles. The standard InChI is InChI=1S/C13H10N2O4/c1-18-9-5-2-4-8-11(9)12(16)15(13(17)14-8)10-6-3-7-19-10/h2-7H,1H3,(H,14,17). The van der Waals surface area contributed by atoms with E-state index in [-0.39, 0.29) is 5.88 Å². The lowest BCUT2D eigenvalue weighted by Crippen LogP contribution is -2.33. The number of nitrogens with zero attached hydrogens (tertiary/aromatic N) is 1. The molecule has 0 aliphatic heterocycles. The second-order valence-corrected chi connectivity index (χ2v) is 3.90. The Balaban J connectivity index is 2.49. The monoisotopic (exact) mass is 258 g/mol. The van der Waals surface area contributed by atoms with Crippen LogP contribution in [0, 0.1) is 0 Å². The van der Waals surface area contributed by atoms with Crippen molar-refractivity contribution in [2.45, 2.75) is 0 Å². The third-order valence-corrected chi connectivity index (χ3v) is 2.83. The molecule has 0 unspecified atom stereocenters. The van der Waals surface area contributed by atoms with E-state index in [0.717, 1.165) is 4.57 Å². The smallest absolute Gasteiger partial charge is 0.335 e. The molecule has 0 atom stereocenters. The molecule has 6 nitrogen and oxygen atoms in total. The van der Waals surface area contributed by atoms with Gasteiger partial charge in [0.25, 0.3) is 5.56 Å². The van der Waals surface area contributed by atoms with E-state index in [1.807, 2.05) is 0 Å². The Morgan fingerprint density at radius 2 is 2.05 bits per heavy atom. The molecular formula is C13H10N2O4. The van der Waals surface area contributed by atoms with Crippen LogP contribution in [0.25, 0.3) is 16.8 Å². The van der Waals surface area contributed by atoms with Crippen molar-refractivity contribution in [1.29, 1.82) is 0 Å². The largest absolute Gasteiger partial charge is 0.496 e. The van der Waals surface area contributed by atoms with Crippen LogP contribution in [-0.2, 0) is 0 Å². The van der Waals surface area contributed by atoms with Crippen molar-refractivity contribution in [1.82, 2.24) is 9.55 Å². The van der Waals surface area contributed by atoms with Crippen molar-refractivity contribution in [2.24, 2.45) is 0 Å². The zero-order chi connectivity index (χ0) is 13.4. The number of H-pyrrole nitrogens is 1. The molecule has 0 fully saturated rings. The number of hydrogen-bond acceptors (Lipinski definition) is 4. The lowest BCUT2D eigenvalue weighted by Gasteiger charge is -2.06. The molecule has 0 aliphatic carbocycles. The summed E-state index contributed by atoms with van der Waals surface area (Å²) < 4.78 is 11.2. The highest BCUT2D eigenvalue weighted by molar-refractivity contribution is 5.84. The van der Waals surface area contributed by atoms with Gasteiger partial charge in [0.15, 0.2) is 0 Å². The number of benzene rings is 1. The van der Waals surface area contributed by atoms with E-state index in [2.05, 4.69) is 4.98 Å². The Labute approximate surface area is 106 Å². The average Bonchev–Trinajstić information content (AvgIpc) is 2.91. The van der Waals surface area contributed by atoms with Crippen LogP contribution in [0.15, 0.2) is 50.6 Å². The minimum Gasteiger partial charge on any atom is -0.496 e. The number of fused-ring (bicyclic) bond motifs is 1. The predicted molar refractivity (Wildman–Crippen MR) is 69.0 cm³/mol. The highest BCUT2D eigenvalue weighted by Crippen LogP contribution is 2.19. The van der Waals surface area contributed by atoms with Crippen molar-refractivity contribution < 1.29 is 9.15 Å². The second-order valence-electron chi connectivity index (χ2n) is 3.90. The summed E-state index contributed by atoms with van der Waals surface area (Å²) >= 11 is 0. The molecule has 1 N–H and O–H groups in total. The molecule has 0 amide bonds. The fraction of sp³-hybridized carbons (Fsp3) is 0.0769. The van der Waals surface area contributed by atoms with Gasteiger partial charge in [-0.3, -0.25) is 4.79 Å². The second kappa shape index (κ2) is 4.16. The molecule has 0 spiro atoms. The fourth-order valence-electron chi connectivity index (χ4n) is 2.00. The fourth-order valence-corrected chi connectivity index (χ4v) is 2.00. The van der Waals surface area contributed by atoms with E-state index in [1.54, 1.807) is 24.3 Å². The van der Waals surface area contributed by atoms with Gasteiger partial charge in [0, 0.05) is 6.07 Å². The van der Waals surface area contributed by atoms with Crippen molar-refractivity contribution >= 4 is 10.9 Å². The number of furan rings is 1. The summed E-state index contributed by atoms with van der Waals surface area (Å²) in [6, 6.07) is 8.15. The molecule has 0 saturated carbocycles. The SMILES string of the molecule is COc1cccc2[nH]c(=O)n(-c3ccco3)c(=O)c12. The van der Waals surface area contributed by atoms with Gasteiger partial charge in [-0.05, 0) is 18.2 Å². The number of aromatic amines is 1. The summed E-state index contributed by atoms with van der Waals surface area (Å²) in [7, 11) is 1.47. The molecule has 0 radical (unpaired) electrons. The molecule has 2 aromatic heterocycles. The lowest BCUT2D eigenvalue weighted by molar-refractivity contribution is 0.419. The Bertz CT molecular complexity index is 843. The van der Waals surface area contributed by atoms with Crippen LogP contribution in [0.2, 0.25) is 0 Å². The lowest BCUT2D eigenvalue weighted by atomic mass is 10.2. The average molecular weight is 258 g/mol. The van der Waals surface area contributed by atoms with Crippen molar-refractivity contribution in [3.63, 3.8) is 0 Å². The number of methoxy groups -OCH3 is 1. The summed E-state index contributed by atoms with van der Waals surface area (Å²) in [4.78, 5) is 27.0. The minimum absolute atomic E-state index is 0.166. The first-order valence-corrected chi connectivity index (χ1v) is 5.58. The molecule has 19 heavy (non-hydrogen) atoms. The zero-order valence-corrected chi connectivity index (χ0v) is 10.0. The maximum atomic E-state index is 12.4. The van der Waals surface area contributed by atoms with Gasteiger partial charge in [0.05, 0.1) is 18.9 Å². The Kier molecular flexibility index (Phi) is 2.49. The summed E-state index contributed by atoms with van der Waals surface area (Å²) in [5, 5.41) is 0.306. The molecule has 3 rings (SSSR count). The highest BCUT2D eigenvalue weighted by Gasteiger charge is 2.14. The summed E-state index contributed by atoms with van der Waals surface area (Å²) in [5.74, 6) is 0.568. The van der Waals surface area contributed by atoms with Crippen LogP contribution in [0.4, 0.5) is 0 Å². The van der Waals surface area contributed by atoms with Crippen LogP contribution in [0.1, 0.15) is 0 Å². The third kappa shape index (κ3) is 1.65. The van der Waals surface area contributed by atoms with Crippen molar-refractivity contribution in [3.8, 4) is 11.6 Å². The molecule has 6 heteroatoms. The topological polar surface area (TPSA) is 77.2 Å². The van der Waals surface area contributed by atoms with Gasteiger partial charge in [0.2, 0.25) is 5.88 Å². The van der Waals surface area contributed by atoms with E-state index in [1.165, 1.54) is 19.4 Å². The van der Waals surface area contributed by atoms with Gasteiger partial charge < -0.3 is 14.1 Å². The van der Waals surface area contributed by atoms with Crippen LogP contribution in [0.3, 0.4) is 0 Å². The van der Waals surface area contributed by atoms with Crippen molar-refractivity contribution in [3.05, 3.63) is 57.4 Å². The molecule has 3 aromatic rings.